The van der Waals surface area contributed by atoms with Gasteiger partial charge in [0, 0.05) is 36.5 Å². The van der Waals surface area contributed by atoms with Gasteiger partial charge in [-0.3, -0.25) is 9.59 Å². The van der Waals surface area contributed by atoms with Crippen molar-refractivity contribution in [3.05, 3.63) is 42.5 Å². The Labute approximate surface area is 150 Å². The minimum atomic E-state index is -0.417. The van der Waals surface area contributed by atoms with Crippen LogP contribution in [0.25, 0.3) is 0 Å². The van der Waals surface area contributed by atoms with Crippen LogP contribution in [0, 0.1) is 5.92 Å². The van der Waals surface area contributed by atoms with E-state index in [0.717, 1.165) is 5.69 Å². The van der Waals surface area contributed by atoms with Gasteiger partial charge in [-0.2, -0.15) is 0 Å². The highest BCUT2D eigenvalue weighted by Gasteiger charge is 2.35. The smallest absolute Gasteiger partial charge is 0.231 e. The molecule has 1 atom stereocenters. The minimum absolute atomic E-state index is 0.0795. The molecule has 1 saturated heterocycles. The molecule has 0 aliphatic carbocycles. The van der Waals surface area contributed by atoms with Crippen molar-refractivity contribution < 1.29 is 23.8 Å². The zero-order valence-corrected chi connectivity index (χ0v) is 14.2. The van der Waals surface area contributed by atoms with Gasteiger partial charge in [-0.25, -0.2) is 0 Å². The predicted octanol–water partition coefficient (Wildman–Crippen LogP) is 2.42. The first-order valence-corrected chi connectivity index (χ1v) is 8.29. The summed E-state index contributed by atoms with van der Waals surface area (Å²) in [5, 5.41) is 2.85. The third kappa shape index (κ3) is 3.03. The van der Waals surface area contributed by atoms with Crippen LogP contribution in [0.5, 0.6) is 17.2 Å². The molecule has 1 fully saturated rings. The van der Waals surface area contributed by atoms with Gasteiger partial charge >= 0.3 is 0 Å². The van der Waals surface area contributed by atoms with Crippen molar-refractivity contribution >= 4 is 23.2 Å². The average Bonchev–Trinajstić information content (AvgIpc) is 3.27. The highest BCUT2D eigenvalue weighted by atomic mass is 16.7. The minimum Gasteiger partial charge on any atom is -0.497 e. The first-order valence-electron chi connectivity index (χ1n) is 8.29. The van der Waals surface area contributed by atoms with E-state index in [0.29, 0.717) is 29.5 Å². The Morgan fingerprint density at radius 1 is 1.19 bits per heavy atom. The molecular weight excluding hydrogens is 336 g/mol. The van der Waals surface area contributed by atoms with E-state index in [1.54, 1.807) is 36.3 Å². The highest BCUT2D eigenvalue weighted by Crippen LogP contribution is 2.35. The van der Waals surface area contributed by atoms with E-state index in [2.05, 4.69) is 5.32 Å². The summed E-state index contributed by atoms with van der Waals surface area (Å²) < 4.78 is 15.8. The number of hydrogen-bond donors (Lipinski definition) is 1. The Bertz CT molecular complexity index is 867. The Morgan fingerprint density at radius 2 is 2.04 bits per heavy atom. The predicted molar refractivity (Wildman–Crippen MR) is 94.6 cm³/mol. The average molecular weight is 354 g/mol. The van der Waals surface area contributed by atoms with Crippen molar-refractivity contribution in [1.29, 1.82) is 0 Å². The summed E-state index contributed by atoms with van der Waals surface area (Å²) in [5.74, 6) is 1.24. The monoisotopic (exact) mass is 354 g/mol. The van der Waals surface area contributed by atoms with Gasteiger partial charge in [0.25, 0.3) is 0 Å². The molecule has 4 rings (SSSR count). The van der Waals surface area contributed by atoms with E-state index in [1.807, 2.05) is 18.2 Å². The molecule has 2 aromatic rings. The number of rotatable bonds is 4. The molecule has 7 nitrogen and oxygen atoms in total. The number of anilines is 2. The summed E-state index contributed by atoms with van der Waals surface area (Å²) in [4.78, 5) is 26.6. The third-order valence-corrected chi connectivity index (χ3v) is 4.50. The molecular formula is C19H18N2O5. The van der Waals surface area contributed by atoms with E-state index < -0.39 is 5.92 Å². The molecule has 2 aromatic carbocycles. The van der Waals surface area contributed by atoms with Crippen LogP contribution >= 0.6 is 0 Å². The lowest BCUT2D eigenvalue weighted by Crippen LogP contribution is -2.28. The van der Waals surface area contributed by atoms with Crippen LogP contribution in [-0.2, 0) is 9.59 Å². The van der Waals surface area contributed by atoms with Crippen molar-refractivity contribution in [3.63, 3.8) is 0 Å². The Balaban J connectivity index is 1.45. The molecule has 26 heavy (non-hydrogen) atoms. The van der Waals surface area contributed by atoms with E-state index in [4.69, 9.17) is 14.2 Å². The summed E-state index contributed by atoms with van der Waals surface area (Å²) >= 11 is 0. The van der Waals surface area contributed by atoms with Gasteiger partial charge in [-0.1, -0.05) is 6.07 Å². The van der Waals surface area contributed by atoms with Crippen molar-refractivity contribution in [2.24, 2.45) is 5.92 Å². The maximum Gasteiger partial charge on any atom is 0.231 e. The van der Waals surface area contributed by atoms with Crippen LogP contribution in [0.3, 0.4) is 0 Å². The van der Waals surface area contributed by atoms with Crippen LogP contribution in [0.15, 0.2) is 42.5 Å². The molecule has 2 aliphatic heterocycles. The van der Waals surface area contributed by atoms with Gasteiger partial charge in [-0.05, 0) is 24.3 Å². The summed E-state index contributed by atoms with van der Waals surface area (Å²) in [7, 11) is 1.58. The SMILES string of the molecule is COc1cccc(N2C[C@H](C(=O)Nc3ccc4c(c3)OCO4)CC2=O)c1. The topological polar surface area (TPSA) is 77.1 Å². The molecule has 0 bridgehead atoms. The highest BCUT2D eigenvalue weighted by molar-refractivity contribution is 6.03. The molecule has 2 aliphatic rings. The third-order valence-electron chi connectivity index (χ3n) is 4.50. The number of ether oxygens (including phenoxy) is 3. The number of benzene rings is 2. The fraction of sp³-hybridized carbons (Fsp3) is 0.263. The number of nitrogens with zero attached hydrogens (tertiary/aromatic N) is 1. The number of carbonyl (C=O) groups excluding carboxylic acids is 2. The maximum absolute atomic E-state index is 12.6. The van der Waals surface area contributed by atoms with Crippen molar-refractivity contribution in [2.45, 2.75) is 6.42 Å². The zero-order chi connectivity index (χ0) is 18.1. The van der Waals surface area contributed by atoms with Crippen molar-refractivity contribution in [3.8, 4) is 17.2 Å². The molecule has 0 saturated carbocycles. The number of amides is 2. The van der Waals surface area contributed by atoms with Crippen LogP contribution in [-0.4, -0.2) is 32.3 Å². The van der Waals surface area contributed by atoms with E-state index in [-0.39, 0.29) is 25.0 Å². The number of hydrogen-bond acceptors (Lipinski definition) is 5. The molecule has 1 N–H and O–H groups in total. The molecule has 0 aromatic heterocycles. The Kier molecular flexibility index (Phi) is 4.12. The summed E-state index contributed by atoms with van der Waals surface area (Å²) in [6.45, 7) is 0.516. The first-order chi connectivity index (χ1) is 12.6. The summed E-state index contributed by atoms with van der Waals surface area (Å²) in [5.41, 5.74) is 1.35. The fourth-order valence-electron chi connectivity index (χ4n) is 3.13. The fourth-order valence-corrected chi connectivity index (χ4v) is 3.13. The zero-order valence-electron chi connectivity index (χ0n) is 14.2. The molecule has 0 radical (unpaired) electrons. The van der Waals surface area contributed by atoms with Crippen LogP contribution in [0.2, 0.25) is 0 Å². The van der Waals surface area contributed by atoms with Crippen LogP contribution in [0.4, 0.5) is 11.4 Å². The van der Waals surface area contributed by atoms with Crippen molar-refractivity contribution in [1.82, 2.24) is 0 Å². The lowest BCUT2D eigenvalue weighted by Gasteiger charge is -2.17. The second kappa shape index (κ2) is 6.59. The first kappa shape index (κ1) is 16.3. The molecule has 7 heteroatoms. The summed E-state index contributed by atoms with van der Waals surface area (Å²) in [6.07, 6.45) is 0.174. The van der Waals surface area contributed by atoms with Gasteiger partial charge in [0.15, 0.2) is 11.5 Å². The lowest BCUT2D eigenvalue weighted by molar-refractivity contribution is -0.122. The molecule has 0 spiro atoms. The molecule has 134 valence electrons. The van der Waals surface area contributed by atoms with Gasteiger partial charge in [0.2, 0.25) is 18.6 Å². The largest absolute Gasteiger partial charge is 0.497 e. The molecule has 0 unspecified atom stereocenters. The van der Waals surface area contributed by atoms with Gasteiger partial charge in [0.05, 0.1) is 13.0 Å². The van der Waals surface area contributed by atoms with Crippen LogP contribution < -0.4 is 24.4 Å². The lowest BCUT2D eigenvalue weighted by atomic mass is 10.1. The standard InChI is InChI=1S/C19H18N2O5/c1-24-15-4-2-3-14(9-15)21-10-12(7-18(21)22)19(23)20-13-5-6-16-17(8-13)26-11-25-16/h2-6,8-9,12H,7,10-11H2,1H3,(H,20,23)/t12-/m1/s1. The molecule has 2 heterocycles. The van der Waals surface area contributed by atoms with E-state index in [9.17, 15) is 9.59 Å². The number of fused-ring (bicyclic) bond motifs is 1. The second-order valence-corrected chi connectivity index (χ2v) is 6.16. The Hall–Kier alpha value is -3.22. The number of carbonyl (C=O) groups is 2. The molecule has 2 amide bonds. The quantitative estimate of drug-likeness (QED) is 0.912. The normalized spacial score (nSPS) is 18.1. The van der Waals surface area contributed by atoms with Crippen LogP contribution in [0.1, 0.15) is 6.42 Å². The van der Waals surface area contributed by atoms with Gasteiger partial charge < -0.3 is 24.4 Å². The maximum atomic E-state index is 12.6. The van der Waals surface area contributed by atoms with E-state index in [1.165, 1.54) is 0 Å². The number of nitrogens with one attached hydrogen (secondary N) is 1. The number of methoxy groups -OCH3 is 1. The van der Waals surface area contributed by atoms with Gasteiger partial charge in [0.1, 0.15) is 5.75 Å². The van der Waals surface area contributed by atoms with Gasteiger partial charge in [-0.15, -0.1) is 0 Å². The second-order valence-electron chi connectivity index (χ2n) is 6.16. The van der Waals surface area contributed by atoms with E-state index >= 15 is 0 Å². The Morgan fingerprint density at radius 3 is 2.88 bits per heavy atom. The van der Waals surface area contributed by atoms with Crippen molar-refractivity contribution in [2.75, 3.05) is 30.7 Å². The summed E-state index contributed by atoms with van der Waals surface area (Å²) in [6, 6.07) is 12.5.